The van der Waals surface area contributed by atoms with Crippen molar-refractivity contribution in [3.8, 4) is 11.5 Å². The first kappa shape index (κ1) is 18.0. The van der Waals surface area contributed by atoms with Crippen LogP contribution in [0.5, 0.6) is 11.5 Å². The summed E-state index contributed by atoms with van der Waals surface area (Å²) in [5.41, 5.74) is 2.94. The van der Waals surface area contributed by atoms with Gasteiger partial charge in [0.25, 0.3) is 5.69 Å². The maximum absolute atomic E-state index is 11.5. The van der Waals surface area contributed by atoms with E-state index in [-0.39, 0.29) is 23.4 Å². The lowest BCUT2D eigenvalue weighted by Crippen LogP contribution is -2.23. The third kappa shape index (κ3) is 3.97. The SMILES string of the molecule is O=[N+]([O-])c1cc2c(cc1CN[C@@H](Cc1ccccc1)c1ccccc1)OCO2. The zero-order valence-electron chi connectivity index (χ0n) is 15.2. The Morgan fingerprint density at radius 3 is 2.29 bits per heavy atom. The Morgan fingerprint density at radius 2 is 1.61 bits per heavy atom. The van der Waals surface area contributed by atoms with Gasteiger partial charge in [0, 0.05) is 18.2 Å². The van der Waals surface area contributed by atoms with Crippen LogP contribution in [-0.2, 0) is 13.0 Å². The molecular weight excluding hydrogens is 356 g/mol. The molecule has 0 saturated carbocycles. The molecule has 6 nitrogen and oxygen atoms in total. The second kappa shape index (κ2) is 8.10. The maximum Gasteiger partial charge on any atom is 0.277 e. The number of nitro benzene ring substituents is 1. The normalized spacial score (nSPS) is 13.3. The van der Waals surface area contributed by atoms with E-state index in [4.69, 9.17) is 9.47 Å². The summed E-state index contributed by atoms with van der Waals surface area (Å²) in [5.74, 6) is 0.959. The van der Waals surface area contributed by atoms with Crippen molar-refractivity contribution in [1.82, 2.24) is 5.32 Å². The van der Waals surface area contributed by atoms with E-state index < -0.39 is 0 Å². The molecule has 0 saturated heterocycles. The molecule has 0 unspecified atom stereocenters. The number of benzene rings is 3. The highest BCUT2D eigenvalue weighted by Crippen LogP contribution is 2.38. The Kier molecular flexibility index (Phi) is 5.21. The van der Waals surface area contributed by atoms with Crippen molar-refractivity contribution in [1.29, 1.82) is 0 Å². The molecule has 0 amide bonds. The number of ether oxygens (including phenoxy) is 2. The van der Waals surface area contributed by atoms with Gasteiger partial charge in [0.2, 0.25) is 6.79 Å². The topological polar surface area (TPSA) is 73.6 Å². The van der Waals surface area contributed by atoms with E-state index in [0.29, 0.717) is 23.6 Å². The molecule has 3 aromatic rings. The molecule has 0 aliphatic carbocycles. The standard InChI is InChI=1S/C22H20N2O4/c25-24(26)20-13-22-21(27-15-28-22)12-18(20)14-23-19(17-9-5-2-6-10-17)11-16-7-3-1-4-8-16/h1-10,12-13,19,23H,11,14-15H2/t19-/m0/s1. The van der Waals surface area contributed by atoms with Gasteiger partial charge in [0.15, 0.2) is 11.5 Å². The maximum atomic E-state index is 11.5. The summed E-state index contributed by atoms with van der Waals surface area (Å²) >= 11 is 0. The predicted octanol–water partition coefficient (Wildman–Crippen LogP) is 4.40. The minimum Gasteiger partial charge on any atom is -0.454 e. The molecule has 0 fully saturated rings. The summed E-state index contributed by atoms with van der Waals surface area (Å²) in [6.07, 6.45) is 0.781. The molecule has 6 heteroatoms. The van der Waals surface area contributed by atoms with Gasteiger partial charge in [-0.05, 0) is 23.6 Å². The molecule has 142 valence electrons. The highest BCUT2D eigenvalue weighted by Gasteiger charge is 2.24. The summed E-state index contributed by atoms with van der Waals surface area (Å²) in [4.78, 5) is 11.1. The van der Waals surface area contributed by atoms with Crippen molar-refractivity contribution < 1.29 is 14.4 Å². The lowest BCUT2D eigenvalue weighted by molar-refractivity contribution is -0.385. The number of hydrogen-bond acceptors (Lipinski definition) is 5. The van der Waals surface area contributed by atoms with E-state index in [2.05, 4.69) is 29.6 Å². The molecule has 1 aliphatic rings. The van der Waals surface area contributed by atoms with Gasteiger partial charge in [0.05, 0.1) is 11.0 Å². The number of hydrogen-bond donors (Lipinski definition) is 1. The van der Waals surface area contributed by atoms with Crippen molar-refractivity contribution >= 4 is 5.69 Å². The number of nitro groups is 1. The summed E-state index contributed by atoms with van der Waals surface area (Å²) in [6.45, 7) is 0.434. The smallest absolute Gasteiger partial charge is 0.277 e. The minimum atomic E-state index is -0.381. The van der Waals surface area contributed by atoms with E-state index in [1.807, 2.05) is 36.4 Å². The molecule has 0 bridgehead atoms. The van der Waals surface area contributed by atoms with Crippen LogP contribution in [0.1, 0.15) is 22.7 Å². The molecule has 0 aromatic heterocycles. The summed E-state index contributed by atoms with van der Waals surface area (Å²) < 4.78 is 10.7. The summed E-state index contributed by atoms with van der Waals surface area (Å²) in [6, 6.07) is 23.4. The molecule has 4 rings (SSSR count). The lowest BCUT2D eigenvalue weighted by atomic mass is 9.98. The molecular formula is C22H20N2O4. The Morgan fingerprint density at radius 1 is 0.964 bits per heavy atom. The fraction of sp³-hybridized carbons (Fsp3) is 0.182. The average molecular weight is 376 g/mol. The number of nitrogens with zero attached hydrogens (tertiary/aromatic N) is 1. The van der Waals surface area contributed by atoms with Gasteiger partial charge in [0.1, 0.15) is 0 Å². The van der Waals surface area contributed by atoms with E-state index >= 15 is 0 Å². The van der Waals surface area contributed by atoms with Gasteiger partial charge in [-0.2, -0.15) is 0 Å². The van der Waals surface area contributed by atoms with Crippen LogP contribution in [-0.4, -0.2) is 11.7 Å². The van der Waals surface area contributed by atoms with Gasteiger partial charge >= 0.3 is 0 Å². The quantitative estimate of drug-likeness (QED) is 0.489. The van der Waals surface area contributed by atoms with Crippen LogP contribution in [0.2, 0.25) is 0 Å². The van der Waals surface area contributed by atoms with Crippen LogP contribution in [0, 0.1) is 10.1 Å². The molecule has 3 aromatic carbocycles. The third-order valence-electron chi connectivity index (χ3n) is 4.79. The second-order valence-electron chi connectivity index (χ2n) is 6.63. The second-order valence-corrected chi connectivity index (χ2v) is 6.63. The van der Waals surface area contributed by atoms with E-state index in [9.17, 15) is 10.1 Å². The van der Waals surface area contributed by atoms with Crippen LogP contribution in [0.25, 0.3) is 0 Å². The van der Waals surface area contributed by atoms with Gasteiger partial charge in [-0.1, -0.05) is 60.7 Å². The highest BCUT2D eigenvalue weighted by molar-refractivity contribution is 5.55. The lowest BCUT2D eigenvalue weighted by Gasteiger charge is -2.20. The number of nitrogens with one attached hydrogen (secondary N) is 1. The third-order valence-corrected chi connectivity index (χ3v) is 4.79. The van der Waals surface area contributed by atoms with Gasteiger partial charge in [-0.15, -0.1) is 0 Å². The van der Waals surface area contributed by atoms with Crippen LogP contribution in [0.3, 0.4) is 0 Å². The zero-order valence-corrected chi connectivity index (χ0v) is 15.2. The Labute approximate surface area is 162 Å². The first-order valence-electron chi connectivity index (χ1n) is 9.10. The largest absolute Gasteiger partial charge is 0.454 e. The molecule has 0 spiro atoms. The van der Waals surface area contributed by atoms with Gasteiger partial charge < -0.3 is 14.8 Å². The minimum absolute atomic E-state index is 0.0219. The van der Waals surface area contributed by atoms with E-state index in [1.54, 1.807) is 6.07 Å². The Bertz CT molecular complexity index is 961. The monoisotopic (exact) mass is 376 g/mol. The fourth-order valence-corrected chi connectivity index (χ4v) is 3.36. The van der Waals surface area contributed by atoms with E-state index in [1.165, 1.54) is 11.6 Å². The summed E-state index contributed by atoms with van der Waals surface area (Å²) in [5, 5.41) is 15.0. The molecule has 0 radical (unpaired) electrons. The van der Waals surface area contributed by atoms with Crippen molar-refractivity contribution in [2.45, 2.75) is 19.0 Å². The van der Waals surface area contributed by atoms with Crippen molar-refractivity contribution in [2.24, 2.45) is 0 Å². The molecule has 1 atom stereocenters. The zero-order chi connectivity index (χ0) is 19.3. The molecule has 28 heavy (non-hydrogen) atoms. The number of fused-ring (bicyclic) bond motifs is 1. The number of rotatable bonds is 7. The van der Waals surface area contributed by atoms with Crippen molar-refractivity contribution in [2.75, 3.05) is 6.79 Å². The Hall–Kier alpha value is -3.38. The van der Waals surface area contributed by atoms with Gasteiger partial charge in [-0.3, -0.25) is 10.1 Å². The molecule has 1 N–H and O–H groups in total. The van der Waals surface area contributed by atoms with Gasteiger partial charge in [-0.25, -0.2) is 0 Å². The highest BCUT2D eigenvalue weighted by atomic mass is 16.7. The van der Waals surface area contributed by atoms with Crippen molar-refractivity contribution in [3.63, 3.8) is 0 Å². The van der Waals surface area contributed by atoms with Crippen LogP contribution in [0.15, 0.2) is 72.8 Å². The first-order chi connectivity index (χ1) is 13.7. The summed E-state index contributed by atoms with van der Waals surface area (Å²) in [7, 11) is 0. The Balaban J connectivity index is 1.59. The molecule has 1 heterocycles. The molecule has 1 aliphatic heterocycles. The van der Waals surface area contributed by atoms with E-state index in [0.717, 1.165) is 12.0 Å². The predicted molar refractivity (Wildman–Crippen MR) is 105 cm³/mol. The first-order valence-corrected chi connectivity index (χ1v) is 9.10. The van der Waals surface area contributed by atoms with Crippen LogP contribution >= 0.6 is 0 Å². The average Bonchev–Trinajstić information content (AvgIpc) is 3.19. The fourth-order valence-electron chi connectivity index (χ4n) is 3.36. The van der Waals surface area contributed by atoms with Crippen LogP contribution < -0.4 is 14.8 Å². The van der Waals surface area contributed by atoms with Crippen molar-refractivity contribution in [3.05, 3.63) is 99.6 Å². The van der Waals surface area contributed by atoms with Crippen LogP contribution in [0.4, 0.5) is 5.69 Å².